The van der Waals surface area contributed by atoms with Gasteiger partial charge in [0.05, 0.1) is 6.54 Å². The van der Waals surface area contributed by atoms with Crippen LogP contribution >= 0.6 is 0 Å². The van der Waals surface area contributed by atoms with Gasteiger partial charge in [0.2, 0.25) is 21.8 Å². The number of amides is 2. The molecule has 10 heteroatoms. The van der Waals surface area contributed by atoms with E-state index in [9.17, 15) is 18.0 Å². The number of piperazine rings is 2. The SMILES string of the molecule is C[C@H]1CCC(c2ccccc2)S(=O)(=O)N1Cc1ccc(N2CCN3C(=O)CN(C)C(=O)C3C2)cc1F. The van der Waals surface area contributed by atoms with Crippen LogP contribution < -0.4 is 4.90 Å². The predicted molar refractivity (Wildman–Crippen MR) is 134 cm³/mol. The van der Waals surface area contributed by atoms with Gasteiger partial charge in [0.1, 0.15) is 17.1 Å². The number of rotatable bonds is 4. The van der Waals surface area contributed by atoms with Gasteiger partial charge in [-0.25, -0.2) is 12.8 Å². The van der Waals surface area contributed by atoms with E-state index in [1.54, 1.807) is 24.1 Å². The first-order chi connectivity index (χ1) is 17.2. The molecule has 3 heterocycles. The molecule has 0 saturated carbocycles. The van der Waals surface area contributed by atoms with E-state index in [-0.39, 0.29) is 30.9 Å². The number of halogens is 1. The summed E-state index contributed by atoms with van der Waals surface area (Å²) in [6.45, 7) is 3.11. The fourth-order valence-corrected chi connectivity index (χ4v) is 7.72. The summed E-state index contributed by atoms with van der Waals surface area (Å²) in [5.74, 6) is -0.676. The van der Waals surface area contributed by atoms with E-state index in [1.165, 1.54) is 15.3 Å². The minimum Gasteiger partial charge on any atom is -0.367 e. The molecule has 3 fully saturated rings. The van der Waals surface area contributed by atoms with Gasteiger partial charge in [0, 0.05) is 50.5 Å². The highest BCUT2D eigenvalue weighted by atomic mass is 32.2. The van der Waals surface area contributed by atoms with Crippen molar-refractivity contribution in [1.82, 2.24) is 14.1 Å². The lowest BCUT2D eigenvalue weighted by molar-refractivity contribution is -0.154. The Balaban J connectivity index is 1.34. The summed E-state index contributed by atoms with van der Waals surface area (Å²) in [7, 11) is -2.05. The van der Waals surface area contributed by atoms with Crippen LogP contribution in [0.5, 0.6) is 0 Å². The van der Waals surface area contributed by atoms with E-state index < -0.39 is 27.1 Å². The number of hydrogen-bond acceptors (Lipinski definition) is 5. The lowest BCUT2D eigenvalue weighted by Gasteiger charge is -2.46. The molecule has 2 amide bonds. The quantitative estimate of drug-likeness (QED) is 0.626. The van der Waals surface area contributed by atoms with E-state index in [1.807, 2.05) is 42.2 Å². The molecule has 2 unspecified atom stereocenters. The van der Waals surface area contributed by atoms with Gasteiger partial charge in [-0.2, -0.15) is 4.31 Å². The topological polar surface area (TPSA) is 81.2 Å². The number of hydrogen-bond donors (Lipinski definition) is 0. The zero-order valence-electron chi connectivity index (χ0n) is 20.5. The fourth-order valence-electron chi connectivity index (χ4n) is 5.53. The Morgan fingerprint density at radius 2 is 1.78 bits per heavy atom. The van der Waals surface area contributed by atoms with Crippen LogP contribution in [0.4, 0.5) is 10.1 Å². The number of sulfonamides is 1. The average Bonchev–Trinajstić information content (AvgIpc) is 2.86. The zero-order chi connectivity index (χ0) is 25.6. The number of benzene rings is 2. The smallest absolute Gasteiger partial charge is 0.247 e. The summed E-state index contributed by atoms with van der Waals surface area (Å²) in [4.78, 5) is 29.9. The van der Waals surface area contributed by atoms with Crippen LogP contribution in [0.3, 0.4) is 0 Å². The van der Waals surface area contributed by atoms with Crippen molar-refractivity contribution < 1.29 is 22.4 Å². The second-order valence-corrected chi connectivity index (χ2v) is 12.0. The summed E-state index contributed by atoms with van der Waals surface area (Å²) in [5.41, 5.74) is 1.68. The maximum absolute atomic E-state index is 15.3. The first-order valence-corrected chi connectivity index (χ1v) is 13.8. The number of fused-ring (bicyclic) bond motifs is 1. The van der Waals surface area contributed by atoms with Crippen molar-refractivity contribution in [2.45, 2.75) is 43.6 Å². The molecule has 5 rings (SSSR count). The molecule has 0 bridgehead atoms. The summed E-state index contributed by atoms with van der Waals surface area (Å²) in [5, 5.41) is -0.637. The number of carbonyl (C=O) groups excluding carboxylic acids is 2. The van der Waals surface area contributed by atoms with Gasteiger partial charge < -0.3 is 14.7 Å². The molecule has 3 aliphatic rings. The number of anilines is 1. The standard InChI is InChI=1S/C26H31FN4O4S/c1-18-8-11-24(19-6-4-3-5-7-19)36(34,35)31(18)15-20-9-10-21(14-22(20)27)29-12-13-30-23(16-29)26(33)28(2)17-25(30)32/h3-7,9-10,14,18,23-24H,8,11-13,15-17H2,1-2H3/t18-,23?,24?/m0/s1. The number of likely N-dealkylation sites (N-methyl/N-ethyl adjacent to an activating group) is 1. The highest BCUT2D eigenvalue weighted by Gasteiger charge is 2.42. The second kappa shape index (κ2) is 9.48. The van der Waals surface area contributed by atoms with Gasteiger partial charge in [-0.3, -0.25) is 9.59 Å². The Bertz CT molecular complexity index is 1270. The van der Waals surface area contributed by atoms with Crippen molar-refractivity contribution in [1.29, 1.82) is 0 Å². The molecule has 0 radical (unpaired) electrons. The second-order valence-electron chi connectivity index (χ2n) is 9.93. The Labute approximate surface area is 211 Å². The first-order valence-electron chi connectivity index (χ1n) is 12.3. The van der Waals surface area contributed by atoms with Gasteiger partial charge in [-0.05, 0) is 37.5 Å². The molecule has 3 atom stereocenters. The minimum atomic E-state index is -3.67. The molecule has 2 aromatic rings. The third kappa shape index (κ3) is 4.37. The molecular weight excluding hydrogens is 483 g/mol. The number of nitrogens with zero attached hydrogens (tertiary/aromatic N) is 4. The van der Waals surface area contributed by atoms with Crippen molar-refractivity contribution in [2.24, 2.45) is 0 Å². The Hall–Kier alpha value is -2.98. The minimum absolute atomic E-state index is 0.0346. The summed E-state index contributed by atoms with van der Waals surface area (Å²) >= 11 is 0. The van der Waals surface area contributed by atoms with E-state index in [2.05, 4.69) is 0 Å². The van der Waals surface area contributed by atoms with E-state index in [4.69, 9.17) is 0 Å². The van der Waals surface area contributed by atoms with Gasteiger partial charge in [-0.1, -0.05) is 36.4 Å². The Morgan fingerprint density at radius 1 is 1.03 bits per heavy atom. The van der Waals surface area contributed by atoms with Gasteiger partial charge in [0.15, 0.2) is 0 Å². The van der Waals surface area contributed by atoms with Crippen molar-refractivity contribution >= 4 is 27.5 Å². The van der Waals surface area contributed by atoms with Crippen LogP contribution in [0, 0.1) is 5.82 Å². The van der Waals surface area contributed by atoms with Gasteiger partial charge in [-0.15, -0.1) is 0 Å². The summed E-state index contributed by atoms with van der Waals surface area (Å²) < 4.78 is 43.7. The Morgan fingerprint density at radius 3 is 2.50 bits per heavy atom. The highest BCUT2D eigenvalue weighted by Crippen LogP contribution is 2.38. The lowest BCUT2D eigenvalue weighted by Crippen LogP contribution is -2.66. The molecule has 192 valence electrons. The molecule has 3 saturated heterocycles. The van der Waals surface area contributed by atoms with Crippen LogP contribution in [0.15, 0.2) is 48.5 Å². The van der Waals surface area contributed by atoms with E-state index in [0.29, 0.717) is 43.7 Å². The van der Waals surface area contributed by atoms with E-state index in [0.717, 1.165) is 5.56 Å². The third-order valence-electron chi connectivity index (χ3n) is 7.66. The van der Waals surface area contributed by atoms with Crippen LogP contribution in [-0.2, 0) is 26.2 Å². The van der Waals surface area contributed by atoms with Crippen molar-refractivity contribution in [2.75, 3.05) is 38.1 Å². The molecular formula is C26H31FN4O4S. The maximum atomic E-state index is 15.3. The molecule has 0 aromatic heterocycles. The van der Waals surface area contributed by atoms with Crippen molar-refractivity contribution in [3.8, 4) is 0 Å². The average molecular weight is 515 g/mol. The molecule has 36 heavy (non-hydrogen) atoms. The normalized spacial score (nSPS) is 26.8. The molecule has 3 aliphatic heterocycles. The monoisotopic (exact) mass is 514 g/mol. The third-order valence-corrected chi connectivity index (χ3v) is 10.0. The van der Waals surface area contributed by atoms with Crippen molar-refractivity contribution in [3.63, 3.8) is 0 Å². The van der Waals surface area contributed by atoms with Crippen molar-refractivity contribution in [3.05, 3.63) is 65.5 Å². The molecule has 2 aromatic carbocycles. The molecule has 8 nitrogen and oxygen atoms in total. The number of carbonyl (C=O) groups is 2. The summed E-state index contributed by atoms with van der Waals surface area (Å²) in [6.07, 6.45) is 1.24. The largest absolute Gasteiger partial charge is 0.367 e. The zero-order valence-corrected chi connectivity index (χ0v) is 21.3. The molecule has 0 aliphatic carbocycles. The fraction of sp³-hybridized carbons (Fsp3) is 0.462. The lowest BCUT2D eigenvalue weighted by atomic mass is 10.0. The predicted octanol–water partition coefficient (Wildman–Crippen LogP) is 2.37. The molecule has 0 N–H and O–H groups in total. The van der Waals surface area contributed by atoms with Crippen LogP contribution in [0.2, 0.25) is 0 Å². The van der Waals surface area contributed by atoms with Gasteiger partial charge in [0.25, 0.3) is 0 Å². The Kier molecular flexibility index (Phi) is 6.50. The van der Waals surface area contributed by atoms with Crippen LogP contribution in [0.25, 0.3) is 0 Å². The van der Waals surface area contributed by atoms with Crippen LogP contribution in [-0.4, -0.2) is 79.6 Å². The van der Waals surface area contributed by atoms with Gasteiger partial charge >= 0.3 is 0 Å². The first kappa shape index (κ1) is 24.7. The highest BCUT2D eigenvalue weighted by molar-refractivity contribution is 7.89. The maximum Gasteiger partial charge on any atom is 0.247 e. The van der Waals surface area contributed by atoms with Crippen LogP contribution in [0.1, 0.15) is 36.1 Å². The molecule has 0 spiro atoms. The summed E-state index contributed by atoms with van der Waals surface area (Å²) in [6, 6.07) is 13.2. The van der Waals surface area contributed by atoms with E-state index >= 15 is 4.39 Å².